The molecule has 4 heteroatoms. The highest BCUT2D eigenvalue weighted by Crippen LogP contribution is 2.27. The van der Waals surface area contributed by atoms with Gasteiger partial charge >= 0.3 is 0 Å². The zero-order chi connectivity index (χ0) is 10.7. The van der Waals surface area contributed by atoms with Crippen LogP contribution in [0.5, 0.6) is 0 Å². The van der Waals surface area contributed by atoms with Gasteiger partial charge in [0.2, 0.25) is 0 Å². The molecule has 0 spiro atoms. The number of rotatable bonds is 4. The summed E-state index contributed by atoms with van der Waals surface area (Å²) in [6.07, 6.45) is 1.83. The number of nitrogens with one attached hydrogen (secondary N) is 1. The average molecular weight is 222 g/mol. The van der Waals surface area contributed by atoms with Crippen molar-refractivity contribution in [2.24, 2.45) is 0 Å². The largest absolute Gasteiger partial charge is 0.383 e. The number of methoxy groups -OCH3 is 1. The molecule has 2 heterocycles. The van der Waals surface area contributed by atoms with Gasteiger partial charge in [0.1, 0.15) is 0 Å². The number of hydrogen-bond acceptors (Lipinski definition) is 4. The minimum atomic E-state index is 0.308. The van der Waals surface area contributed by atoms with Crippen LogP contribution >= 0.6 is 11.3 Å². The van der Waals surface area contributed by atoms with Gasteiger partial charge in [-0.05, 0) is 24.4 Å². The first-order chi connectivity index (χ1) is 7.31. The summed E-state index contributed by atoms with van der Waals surface area (Å²) in [5, 5.41) is 5.48. The third-order valence-corrected chi connectivity index (χ3v) is 3.10. The predicted molar refractivity (Wildman–Crippen MR) is 64.6 cm³/mol. The second kappa shape index (κ2) is 4.59. The Morgan fingerprint density at radius 1 is 1.53 bits per heavy atom. The zero-order valence-electron chi connectivity index (χ0n) is 8.86. The second-order valence-corrected chi connectivity index (χ2v) is 4.41. The predicted octanol–water partition coefficient (Wildman–Crippen LogP) is 2.74. The maximum absolute atomic E-state index is 5.09. The summed E-state index contributed by atoms with van der Waals surface area (Å²) in [6, 6.07) is 4.35. The minimum Gasteiger partial charge on any atom is -0.383 e. The van der Waals surface area contributed by atoms with Gasteiger partial charge in [-0.2, -0.15) is 0 Å². The number of ether oxygens (including phenoxy) is 1. The van der Waals surface area contributed by atoms with Crippen LogP contribution in [0.2, 0.25) is 0 Å². The average Bonchev–Trinajstić information content (AvgIpc) is 2.67. The molecule has 0 radical (unpaired) electrons. The summed E-state index contributed by atoms with van der Waals surface area (Å²) in [6.45, 7) is 2.80. The fourth-order valence-corrected chi connectivity index (χ4v) is 2.37. The molecular formula is C11H14N2OS. The van der Waals surface area contributed by atoms with Crippen LogP contribution < -0.4 is 5.32 Å². The molecule has 0 aliphatic carbocycles. The molecule has 0 unspecified atom stereocenters. The molecule has 3 nitrogen and oxygen atoms in total. The summed E-state index contributed by atoms with van der Waals surface area (Å²) >= 11 is 1.71. The van der Waals surface area contributed by atoms with Crippen LogP contribution in [0, 0.1) is 0 Å². The number of anilines is 1. The number of thiophene rings is 1. The van der Waals surface area contributed by atoms with Crippen molar-refractivity contribution >= 4 is 27.2 Å². The second-order valence-electron chi connectivity index (χ2n) is 3.49. The smallest absolute Gasteiger partial charge is 0.0830 e. The molecule has 2 aromatic rings. The van der Waals surface area contributed by atoms with Crippen LogP contribution in [0.4, 0.5) is 5.69 Å². The highest BCUT2D eigenvalue weighted by Gasteiger charge is 2.06. The van der Waals surface area contributed by atoms with E-state index in [4.69, 9.17) is 4.74 Å². The molecule has 0 fully saturated rings. The van der Waals surface area contributed by atoms with Crippen LogP contribution in [0.3, 0.4) is 0 Å². The molecule has 0 bridgehead atoms. The lowest BCUT2D eigenvalue weighted by molar-refractivity contribution is 0.190. The van der Waals surface area contributed by atoms with E-state index in [0.717, 1.165) is 11.2 Å². The lowest BCUT2D eigenvalue weighted by Gasteiger charge is -2.14. The van der Waals surface area contributed by atoms with Gasteiger partial charge in [0, 0.05) is 19.3 Å². The van der Waals surface area contributed by atoms with E-state index in [1.54, 1.807) is 18.4 Å². The van der Waals surface area contributed by atoms with E-state index in [2.05, 4.69) is 22.6 Å². The quantitative estimate of drug-likeness (QED) is 0.863. The van der Waals surface area contributed by atoms with Gasteiger partial charge in [0.05, 0.1) is 22.5 Å². The summed E-state index contributed by atoms with van der Waals surface area (Å²) in [4.78, 5) is 4.29. The molecule has 0 saturated heterocycles. The fourth-order valence-electron chi connectivity index (χ4n) is 1.54. The lowest BCUT2D eigenvalue weighted by Crippen LogP contribution is -2.20. The van der Waals surface area contributed by atoms with Crippen molar-refractivity contribution in [1.82, 2.24) is 4.98 Å². The Labute approximate surface area is 93.1 Å². The standard InChI is InChI=1S/C11H14N2OS/c1-8(7-14-2)13-10-3-5-12-9-4-6-15-11(9)10/h3-6,8H,7H2,1-2H3,(H,12,13)/t8-/m0/s1. The molecule has 2 rings (SSSR count). The summed E-state index contributed by atoms with van der Waals surface area (Å²) in [7, 11) is 1.71. The van der Waals surface area contributed by atoms with Crippen molar-refractivity contribution in [3.8, 4) is 0 Å². The van der Waals surface area contributed by atoms with Crippen LogP contribution in [0.25, 0.3) is 10.2 Å². The fraction of sp³-hybridized carbons (Fsp3) is 0.364. The molecule has 80 valence electrons. The van der Waals surface area contributed by atoms with Crippen molar-refractivity contribution in [2.45, 2.75) is 13.0 Å². The number of fused-ring (bicyclic) bond motifs is 1. The number of aromatic nitrogens is 1. The van der Waals surface area contributed by atoms with Crippen molar-refractivity contribution in [3.63, 3.8) is 0 Å². The van der Waals surface area contributed by atoms with Gasteiger partial charge in [0.25, 0.3) is 0 Å². The van der Waals surface area contributed by atoms with Gasteiger partial charge in [-0.25, -0.2) is 0 Å². The Balaban J connectivity index is 2.23. The monoisotopic (exact) mass is 222 g/mol. The first-order valence-electron chi connectivity index (χ1n) is 4.89. The van der Waals surface area contributed by atoms with E-state index >= 15 is 0 Å². The summed E-state index contributed by atoms with van der Waals surface area (Å²) in [5.41, 5.74) is 2.19. The van der Waals surface area contributed by atoms with Gasteiger partial charge < -0.3 is 10.1 Å². The molecule has 15 heavy (non-hydrogen) atoms. The number of pyridine rings is 1. The maximum atomic E-state index is 5.09. The Bertz CT molecular complexity index is 441. The van der Waals surface area contributed by atoms with E-state index in [1.807, 2.05) is 18.3 Å². The number of nitrogens with zero attached hydrogens (tertiary/aromatic N) is 1. The first kappa shape index (κ1) is 10.4. The molecule has 0 amide bonds. The van der Waals surface area contributed by atoms with Gasteiger partial charge in [-0.3, -0.25) is 4.98 Å². The van der Waals surface area contributed by atoms with E-state index in [0.29, 0.717) is 12.6 Å². The topological polar surface area (TPSA) is 34.1 Å². The Kier molecular flexibility index (Phi) is 3.18. The molecule has 0 aliphatic heterocycles. The normalized spacial score (nSPS) is 12.9. The molecule has 0 aliphatic rings. The third kappa shape index (κ3) is 2.27. The molecule has 2 aromatic heterocycles. The molecule has 0 saturated carbocycles. The van der Waals surface area contributed by atoms with Crippen molar-refractivity contribution in [1.29, 1.82) is 0 Å². The molecule has 0 aromatic carbocycles. The maximum Gasteiger partial charge on any atom is 0.0830 e. The lowest BCUT2D eigenvalue weighted by atomic mass is 10.3. The van der Waals surface area contributed by atoms with Crippen molar-refractivity contribution < 1.29 is 4.74 Å². The SMILES string of the molecule is COC[C@H](C)Nc1ccnc2ccsc12. The Morgan fingerprint density at radius 2 is 2.40 bits per heavy atom. The molecule has 1 atom stereocenters. The van der Waals surface area contributed by atoms with E-state index in [-0.39, 0.29) is 0 Å². The summed E-state index contributed by atoms with van der Waals surface area (Å²) < 4.78 is 6.30. The third-order valence-electron chi connectivity index (χ3n) is 2.16. The van der Waals surface area contributed by atoms with E-state index < -0.39 is 0 Å². The zero-order valence-corrected chi connectivity index (χ0v) is 9.67. The van der Waals surface area contributed by atoms with Gasteiger partial charge in [-0.1, -0.05) is 0 Å². The van der Waals surface area contributed by atoms with Crippen molar-refractivity contribution in [3.05, 3.63) is 23.7 Å². The van der Waals surface area contributed by atoms with Crippen LogP contribution in [0.15, 0.2) is 23.7 Å². The first-order valence-corrected chi connectivity index (χ1v) is 5.77. The Hall–Kier alpha value is -1.13. The Morgan fingerprint density at radius 3 is 3.20 bits per heavy atom. The summed E-state index contributed by atoms with van der Waals surface area (Å²) in [5.74, 6) is 0. The molecule has 1 N–H and O–H groups in total. The van der Waals surface area contributed by atoms with Crippen molar-refractivity contribution in [2.75, 3.05) is 19.0 Å². The van der Waals surface area contributed by atoms with E-state index in [1.165, 1.54) is 4.70 Å². The van der Waals surface area contributed by atoms with Crippen LogP contribution in [0.1, 0.15) is 6.92 Å². The molecular weight excluding hydrogens is 208 g/mol. The van der Waals surface area contributed by atoms with Crippen LogP contribution in [-0.2, 0) is 4.74 Å². The highest BCUT2D eigenvalue weighted by molar-refractivity contribution is 7.17. The van der Waals surface area contributed by atoms with Crippen LogP contribution in [-0.4, -0.2) is 24.7 Å². The minimum absolute atomic E-state index is 0.308. The highest BCUT2D eigenvalue weighted by atomic mass is 32.1. The van der Waals surface area contributed by atoms with E-state index in [9.17, 15) is 0 Å². The van der Waals surface area contributed by atoms with Gasteiger partial charge in [0.15, 0.2) is 0 Å². The number of hydrogen-bond donors (Lipinski definition) is 1. The van der Waals surface area contributed by atoms with Gasteiger partial charge in [-0.15, -0.1) is 11.3 Å².